The number of rotatable bonds is 5. The first-order valence-corrected chi connectivity index (χ1v) is 7.02. The van der Waals surface area contributed by atoms with Gasteiger partial charge in [-0.05, 0) is 49.8 Å². The molecule has 18 heavy (non-hydrogen) atoms. The average molecular weight is 246 g/mol. The molecule has 0 saturated heterocycles. The predicted octanol–water partition coefficient (Wildman–Crippen LogP) is 4.50. The Morgan fingerprint density at radius 2 is 2.06 bits per heavy atom. The molecule has 0 amide bonds. The normalized spacial score (nSPS) is 21.8. The van der Waals surface area contributed by atoms with Crippen LogP contribution in [0.2, 0.25) is 0 Å². The van der Waals surface area contributed by atoms with E-state index in [-0.39, 0.29) is 0 Å². The Balaban J connectivity index is 2.47. The van der Waals surface area contributed by atoms with Crippen LogP contribution in [0.15, 0.2) is 23.8 Å². The van der Waals surface area contributed by atoms with Crippen molar-refractivity contribution in [3.05, 3.63) is 23.8 Å². The van der Waals surface area contributed by atoms with Gasteiger partial charge in [-0.25, -0.2) is 0 Å². The maximum absolute atomic E-state index is 6.05. The Hall–Kier alpha value is -1.00. The summed E-state index contributed by atoms with van der Waals surface area (Å²) in [6, 6.07) is 0. The van der Waals surface area contributed by atoms with Crippen LogP contribution in [0.25, 0.3) is 0 Å². The SMILES string of the molecule is C#C/C=C\C(=C/C)COC(C)C1(C)CCCCC1. The van der Waals surface area contributed by atoms with Crippen LogP contribution in [-0.2, 0) is 4.74 Å². The van der Waals surface area contributed by atoms with Crippen molar-refractivity contribution in [1.29, 1.82) is 0 Å². The number of allylic oxidation sites excluding steroid dienone is 2. The third kappa shape index (κ3) is 4.35. The first-order chi connectivity index (χ1) is 8.62. The smallest absolute Gasteiger partial charge is 0.0717 e. The van der Waals surface area contributed by atoms with E-state index >= 15 is 0 Å². The van der Waals surface area contributed by atoms with Crippen molar-refractivity contribution >= 4 is 0 Å². The van der Waals surface area contributed by atoms with Gasteiger partial charge in [-0.3, -0.25) is 0 Å². The van der Waals surface area contributed by atoms with Crippen LogP contribution < -0.4 is 0 Å². The molecule has 0 bridgehead atoms. The summed E-state index contributed by atoms with van der Waals surface area (Å²) >= 11 is 0. The van der Waals surface area contributed by atoms with E-state index in [1.54, 1.807) is 6.08 Å². The van der Waals surface area contributed by atoms with E-state index < -0.39 is 0 Å². The fraction of sp³-hybridized carbons (Fsp3) is 0.647. The average Bonchev–Trinajstić information content (AvgIpc) is 2.39. The van der Waals surface area contributed by atoms with Crippen molar-refractivity contribution in [1.82, 2.24) is 0 Å². The summed E-state index contributed by atoms with van der Waals surface area (Å²) in [5.74, 6) is 2.51. The van der Waals surface area contributed by atoms with E-state index in [9.17, 15) is 0 Å². The summed E-state index contributed by atoms with van der Waals surface area (Å²) < 4.78 is 6.05. The van der Waals surface area contributed by atoms with Crippen LogP contribution in [0.4, 0.5) is 0 Å². The summed E-state index contributed by atoms with van der Waals surface area (Å²) in [6.45, 7) is 7.25. The van der Waals surface area contributed by atoms with Crippen LogP contribution in [0, 0.1) is 17.8 Å². The van der Waals surface area contributed by atoms with Gasteiger partial charge in [0.2, 0.25) is 0 Å². The zero-order chi connectivity index (χ0) is 13.4. The molecule has 0 radical (unpaired) electrons. The van der Waals surface area contributed by atoms with Gasteiger partial charge in [0, 0.05) is 0 Å². The van der Waals surface area contributed by atoms with Crippen molar-refractivity contribution in [3.8, 4) is 12.3 Å². The van der Waals surface area contributed by atoms with Crippen molar-refractivity contribution in [2.45, 2.75) is 59.0 Å². The van der Waals surface area contributed by atoms with Gasteiger partial charge in [-0.15, -0.1) is 6.42 Å². The van der Waals surface area contributed by atoms with Gasteiger partial charge >= 0.3 is 0 Å². The summed E-state index contributed by atoms with van der Waals surface area (Å²) in [5.41, 5.74) is 1.51. The molecule has 1 saturated carbocycles. The fourth-order valence-corrected chi connectivity index (χ4v) is 2.57. The second-order valence-electron chi connectivity index (χ2n) is 5.53. The van der Waals surface area contributed by atoms with Crippen LogP contribution in [-0.4, -0.2) is 12.7 Å². The minimum atomic E-state index is 0.312. The summed E-state index contributed by atoms with van der Waals surface area (Å²) in [7, 11) is 0. The van der Waals surface area contributed by atoms with Gasteiger partial charge in [0.25, 0.3) is 0 Å². The number of ether oxygens (including phenoxy) is 1. The van der Waals surface area contributed by atoms with Gasteiger partial charge in [-0.1, -0.05) is 38.2 Å². The van der Waals surface area contributed by atoms with Crippen LogP contribution in [0.5, 0.6) is 0 Å². The van der Waals surface area contributed by atoms with Gasteiger partial charge in [0.1, 0.15) is 0 Å². The van der Waals surface area contributed by atoms with Crippen molar-refractivity contribution in [2.24, 2.45) is 5.41 Å². The molecule has 0 aromatic heterocycles. The molecule has 1 heteroatoms. The first kappa shape index (κ1) is 15.1. The molecule has 1 nitrogen and oxygen atoms in total. The van der Waals surface area contributed by atoms with E-state index in [2.05, 4.69) is 25.8 Å². The second-order valence-corrected chi connectivity index (χ2v) is 5.53. The highest BCUT2D eigenvalue weighted by molar-refractivity contribution is 5.24. The molecular weight excluding hydrogens is 220 g/mol. The molecule has 0 heterocycles. The van der Waals surface area contributed by atoms with E-state index in [1.165, 1.54) is 32.1 Å². The lowest BCUT2D eigenvalue weighted by Gasteiger charge is -2.38. The molecule has 0 aromatic carbocycles. The molecule has 1 aliphatic carbocycles. The molecule has 1 rings (SSSR count). The zero-order valence-electron chi connectivity index (χ0n) is 12.0. The summed E-state index contributed by atoms with van der Waals surface area (Å²) in [6.07, 6.45) is 17.9. The van der Waals surface area contributed by atoms with Crippen LogP contribution >= 0.6 is 0 Å². The highest BCUT2D eigenvalue weighted by Gasteiger charge is 2.33. The summed E-state index contributed by atoms with van der Waals surface area (Å²) in [5, 5.41) is 0. The van der Waals surface area contributed by atoms with Crippen molar-refractivity contribution in [3.63, 3.8) is 0 Å². The standard InChI is InChI=1S/C17H26O/c1-5-7-11-16(6-2)14-18-15(3)17(4)12-9-8-10-13-17/h1,6-7,11,15H,8-10,12-14H2,2-4H3/b11-7-,16-6+. The molecule has 1 fully saturated rings. The Labute approximate surface area is 112 Å². The molecule has 0 N–H and O–H groups in total. The largest absolute Gasteiger partial charge is 0.373 e. The maximum Gasteiger partial charge on any atom is 0.0717 e. The lowest BCUT2D eigenvalue weighted by atomic mass is 9.72. The zero-order valence-corrected chi connectivity index (χ0v) is 12.0. The number of terminal acetylenes is 1. The monoisotopic (exact) mass is 246 g/mol. The topological polar surface area (TPSA) is 9.23 Å². The van der Waals surface area contributed by atoms with Gasteiger partial charge in [0.05, 0.1) is 12.7 Å². The Kier molecular flexibility index (Phi) is 6.22. The third-order valence-electron chi connectivity index (χ3n) is 4.24. The van der Waals surface area contributed by atoms with E-state index in [0.29, 0.717) is 18.1 Å². The molecule has 0 spiro atoms. The lowest BCUT2D eigenvalue weighted by molar-refractivity contribution is -0.0290. The molecule has 0 aromatic rings. The molecule has 1 aliphatic rings. The number of hydrogen-bond acceptors (Lipinski definition) is 1. The van der Waals surface area contributed by atoms with Crippen LogP contribution in [0.3, 0.4) is 0 Å². The lowest BCUT2D eigenvalue weighted by Crippen LogP contribution is -2.34. The predicted molar refractivity (Wildman–Crippen MR) is 78.3 cm³/mol. The summed E-state index contributed by atoms with van der Waals surface area (Å²) in [4.78, 5) is 0. The second kappa shape index (κ2) is 7.44. The molecule has 1 atom stereocenters. The quantitative estimate of drug-likeness (QED) is 0.513. The van der Waals surface area contributed by atoms with Crippen molar-refractivity contribution < 1.29 is 4.74 Å². The van der Waals surface area contributed by atoms with Gasteiger partial charge in [-0.2, -0.15) is 0 Å². The van der Waals surface area contributed by atoms with E-state index in [1.807, 2.05) is 13.0 Å². The highest BCUT2D eigenvalue weighted by Crippen LogP contribution is 2.40. The Morgan fingerprint density at radius 1 is 1.39 bits per heavy atom. The van der Waals surface area contributed by atoms with E-state index in [4.69, 9.17) is 11.2 Å². The minimum absolute atomic E-state index is 0.312. The molecule has 100 valence electrons. The molecule has 1 unspecified atom stereocenters. The molecular formula is C17H26O. The minimum Gasteiger partial charge on any atom is -0.373 e. The maximum atomic E-state index is 6.05. The van der Waals surface area contributed by atoms with Gasteiger partial charge < -0.3 is 4.74 Å². The number of hydrogen-bond donors (Lipinski definition) is 0. The van der Waals surface area contributed by atoms with Crippen LogP contribution in [0.1, 0.15) is 52.9 Å². The fourth-order valence-electron chi connectivity index (χ4n) is 2.57. The van der Waals surface area contributed by atoms with Crippen molar-refractivity contribution in [2.75, 3.05) is 6.61 Å². The Morgan fingerprint density at radius 3 is 2.61 bits per heavy atom. The van der Waals surface area contributed by atoms with Gasteiger partial charge in [0.15, 0.2) is 0 Å². The third-order valence-corrected chi connectivity index (χ3v) is 4.24. The first-order valence-electron chi connectivity index (χ1n) is 7.02. The van der Waals surface area contributed by atoms with E-state index in [0.717, 1.165) is 5.57 Å². The highest BCUT2D eigenvalue weighted by atomic mass is 16.5. The molecule has 0 aliphatic heterocycles. The Bertz CT molecular complexity index is 337.